The molecule has 2 aliphatic carbocycles. The van der Waals surface area contributed by atoms with E-state index in [1.54, 1.807) is 24.3 Å². The number of hydrogen-bond acceptors (Lipinski definition) is 4. The zero-order valence-corrected chi connectivity index (χ0v) is 16.8. The van der Waals surface area contributed by atoms with Gasteiger partial charge >= 0.3 is 6.18 Å². The molecule has 2 bridgehead atoms. The number of carbonyl (C=O) groups is 2. The molecule has 31 heavy (non-hydrogen) atoms. The van der Waals surface area contributed by atoms with Crippen molar-refractivity contribution in [2.24, 2.45) is 11.8 Å². The van der Waals surface area contributed by atoms with Crippen molar-refractivity contribution in [3.63, 3.8) is 0 Å². The van der Waals surface area contributed by atoms with E-state index >= 15 is 0 Å². The normalized spacial score (nSPS) is 23.0. The number of nitrogens with zero attached hydrogens (tertiary/aromatic N) is 1. The van der Waals surface area contributed by atoms with Crippen molar-refractivity contribution in [3.05, 3.63) is 58.7 Å². The van der Waals surface area contributed by atoms with Gasteiger partial charge in [0.1, 0.15) is 17.4 Å². The minimum Gasteiger partial charge on any atom is -0.457 e. The number of hydrogen-bond donors (Lipinski definition) is 0. The molecule has 1 unspecified atom stereocenters. The average molecular weight is 427 g/mol. The van der Waals surface area contributed by atoms with E-state index in [-0.39, 0.29) is 29.2 Å². The van der Waals surface area contributed by atoms with Crippen LogP contribution < -0.4 is 4.74 Å². The SMILES string of the molecule is CCc1ccc(Oc2ccc(C(F)(F)F)c(C#N)c2)cc1C1C(=O)[C@@H]2CC[C@@H](C2)C1=O. The number of benzene rings is 2. The number of alkyl halides is 3. The summed E-state index contributed by atoms with van der Waals surface area (Å²) >= 11 is 0. The van der Waals surface area contributed by atoms with Gasteiger partial charge in [0.05, 0.1) is 17.2 Å². The average Bonchev–Trinajstić information content (AvgIpc) is 3.19. The van der Waals surface area contributed by atoms with E-state index in [0.717, 1.165) is 36.6 Å². The third-order valence-corrected chi connectivity index (χ3v) is 6.27. The molecule has 160 valence electrons. The van der Waals surface area contributed by atoms with Gasteiger partial charge in [-0.15, -0.1) is 0 Å². The van der Waals surface area contributed by atoms with E-state index in [1.165, 1.54) is 0 Å². The van der Waals surface area contributed by atoms with E-state index in [0.29, 0.717) is 24.2 Å². The molecule has 3 atom stereocenters. The topological polar surface area (TPSA) is 67.2 Å². The van der Waals surface area contributed by atoms with Crippen molar-refractivity contribution in [3.8, 4) is 17.6 Å². The third kappa shape index (κ3) is 3.83. The highest BCUT2D eigenvalue weighted by Crippen LogP contribution is 2.45. The Morgan fingerprint density at radius 2 is 1.65 bits per heavy atom. The Morgan fingerprint density at radius 3 is 2.23 bits per heavy atom. The zero-order valence-electron chi connectivity index (χ0n) is 16.8. The maximum absolute atomic E-state index is 13.0. The lowest BCUT2D eigenvalue weighted by Gasteiger charge is -2.27. The first-order valence-corrected chi connectivity index (χ1v) is 10.2. The molecule has 0 amide bonds. The van der Waals surface area contributed by atoms with E-state index < -0.39 is 23.2 Å². The zero-order chi connectivity index (χ0) is 22.3. The van der Waals surface area contributed by atoms with Gasteiger partial charge in [0, 0.05) is 11.8 Å². The molecule has 2 saturated carbocycles. The Hall–Kier alpha value is -3.14. The number of Topliss-reactive ketones (excluding diaryl/α,β-unsaturated/α-hetero) is 2. The highest BCUT2D eigenvalue weighted by atomic mass is 19.4. The van der Waals surface area contributed by atoms with Gasteiger partial charge < -0.3 is 4.74 Å². The summed E-state index contributed by atoms with van der Waals surface area (Å²) in [5.74, 6) is -0.716. The van der Waals surface area contributed by atoms with E-state index in [4.69, 9.17) is 10.00 Å². The second-order valence-corrected chi connectivity index (χ2v) is 8.08. The third-order valence-electron chi connectivity index (χ3n) is 6.27. The molecule has 7 heteroatoms. The van der Waals surface area contributed by atoms with E-state index in [2.05, 4.69) is 0 Å². The lowest BCUT2D eigenvalue weighted by Crippen LogP contribution is -2.35. The molecule has 2 fully saturated rings. The summed E-state index contributed by atoms with van der Waals surface area (Å²) in [6, 6.07) is 9.60. The smallest absolute Gasteiger partial charge is 0.417 e. The largest absolute Gasteiger partial charge is 0.457 e. The summed E-state index contributed by atoms with van der Waals surface area (Å²) in [7, 11) is 0. The van der Waals surface area contributed by atoms with Crippen LogP contribution >= 0.6 is 0 Å². The Morgan fingerprint density at radius 1 is 1.03 bits per heavy atom. The lowest BCUT2D eigenvalue weighted by molar-refractivity contribution is -0.138. The summed E-state index contributed by atoms with van der Waals surface area (Å²) in [6.45, 7) is 1.93. The quantitative estimate of drug-likeness (QED) is 0.597. The Bertz CT molecular complexity index is 1080. The van der Waals surface area contributed by atoms with Gasteiger partial charge in [-0.25, -0.2) is 0 Å². The van der Waals surface area contributed by atoms with Gasteiger partial charge in [0.25, 0.3) is 0 Å². The molecule has 0 radical (unpaired) electrons. The second kappa shape index (κ2) is 7.84. The first-order valence-electron chi connectivity index (χ1n) is 10.2. The summed E-state index contributed by atoms with van der Waals surface area (Å²) in [5, 5.41) is 9.09. The van der Waals surface area contributed by atoms with Crippen molar-refractivity contribution in [1.29, 1.82) is 5.26 Å². The van der Waals surface area contributed by atoms with Gasteiger partial charge in [0.2, 0.25) is 0 Å². The number of fused-ring (bicyclic) bond motifs is 2. The molecule has 4 rings (SSSR count). The van der Waals surface area contributed by atoms with E-state index in [9.17, 15) is 22.8 Å². The molecule has 0 heterocycles. The molecule has 0 aliphatic heterocycles. The van der Waals surface area contributed by atoms with Crippen LogP contribution in [-0.4, -0.2) is 11.6 Å². The van der Waals surface area contributed by atoms with Gasteiger partial charge in [-0.2, -0.15) is 18.4 Å². The van der Waals surface area contributed by atoms with Crippen LogP contribution in [0.1, 0.15) is 54.4 Å². The predicted octanol–water partition coefficient (Wildman–Crippen LogP) is 5.58. The van der Waals surface area contributed by atoms with E-state index in [1.807, 2.05) is 6.92 Å². The van der Waals surface area contributed by atoms with Crippen LogP contribution in [0.4, 0.5) is 13.2 Å². The maximum Gasteiger partial charge on any atom is 0.417 e. The van der Waals surface area contributed by atoms with Crippen LogP contribution in [0.25, 0.3) is 0 Å². The Kier molecular flexibility index (Phi) is 5.34. The van der Waals surface area contributed by atoms with Crippen LogP contribution in [0, 0.1) is 23.2 Å². The van der Waals surface area contributed by atoms with Gasteiger partial charge in [-0.1, -0.05) is 13.0 Å². The second-order valence-electron chi connectivity index (χ2n) is 8.08. The molecule has 0 spiro atoms. The summed E-state index contributed by atoms with van der Waals surface area (Å²) in [5.41, 5.74) is -0.0904. The fourth-order valence-electron chi connectivity index (χ4n) is 4.71. The van der Waals surface area contributed by atoms with Crippen molar-refractivity contribution in [2.75, 3.05) is 0 Å². The molecule has 0 aromatic heterocycles. The van der Waals surface area contributed by atoms with Crippen molar-refractivity contribution < 1.29 is 27.5 Å². The molecule has 2 aromatic carbocycles. The number of carbonyl (C=O) groups excluding carboxylic acids is 2. The van der Waals surface area contributed by atoms with Crippen LogP contribution in [0.2, 0.25) is 0 Å². The lowest BCUT2D eigenvalue weighted by atomic mass is 9.74. The van der Waals surface area contributed by atoms with Crippen molar-refractivity contribution >= 4 is 11.6 Å². The van der Waals surface area contributed by atoms with Crippen molar-refractivity contribution in [2.45, 2.75) is 44.7 Å². The fourth-order valence-corrected chi connectivity index (χ4v) is 4.71. The molecule has 0 N–H and O–H groups in total. The fraction of sp³-hybridized carbons (Fsp3) is 0.375. The first kappa shape index (κ1) is 21.1. The monoisotopic (exact) mass is 427 g/mol. The minimum absolute atomic E-state index is 0.0492. The number of ketones is 2. The van der Waals surface area contributed by atoms with Crippen LogP contribution in [0.5, 0.6) is 11.5 Å². The van der Waals surface area contributed by atoms with Gasteiger partial charge in [0.15, 0.2) is 11.6 Å². The van der Waals surface area contributed by atoms with Crippen LogP contribution in [0.3, 0.4) is 0 Å². The summed E-state index contributed by atoms with van der Waals surface area (Å²) in [4.78, 5) is 25.9. The molecule has 2 aliphatic rings. The highest BCUT2D eigenvalue weighted by Gasteiger charge is 2.47. The molecule has 4 nitrogen and oxygen atoms in total. The molecule has 2 aromatic rings. The molecular formula is C24H20F3NO3. The summed E-state index contributed by atoms with van der Waals surface area (Å²) in [6.07, 6.45) is -1.90. The molecular weight excluding hydrogens is 407 g/mol. The minimum atomic E-state index is -4.64. The van der Waals surface area contributed by atoms with Gasteiger partial charge in [-0.3, -0.25) is 9.59 Å². The maximum atomic E-state index is 13.0. The van der Waals surface area contributed by atoms with Crippen LogP contribution in [0.15, 0.2) is 36.4 Å². The highest BCUT2D eigenvalue weighted by molar-refractivity contribution is 6.12. The number of aryl methyl sites for hydroxylation is 1. The van der Waals surface area contributed by atoms with Crippen LogP contribution in [-0.2, 0) is 22.2 Å². The molecule has 0 saturated heterocycles. The van der Waals surface area contributed by atoms with Crippen molar-refractivity contribution in [1.82, 2.24) is 0 Å². The number of rotatable bonds is 4. The summed E-state index contributed by atoms with van der Waals surface area (Å²) < 4.78 is 44.8. The Balaban J connectivity index is 1.68. The number of nitriles is 1. The number of ether oxygens (including phenoxy) is 1. The first-order chi connectivity index (χ1) is 14.7. The Labute approximate surface area is 177 Å². The standard InChI is InChI=1S/C24H20F3NO3/c1-2-13-5-6-18(31-17-7-8-20(24(25,26)27)16(10-17)12-28)11-19(13)21-22(29)14-3-4-15(9-14)23(21)30/h5-8,10-11,14-15,21H,2-4,9H2,1H3/t14-,15+,21?. The number of halogens is 3. The van der Waals surface area contributed by atoms with Gasteiger partial charge in [-0.05, 0) is 67.1 Å². The predicted molar refractivity (Wildman–Crippen MR) is 106 cm³/mol.